The molecule has 0 saturated heterocycles. The van der Waals surface area contributed by atoms with Gasteiger partial charge in [-0.3, -0.25) is 4.72 Å². The van der Waals surface area contributed by atoms with E-state index in [0.29, 0.717) is 11.1 Å². The van der Waals surface area contributed by atoms with Crippen molar-refractivity contribution in [2.75, 3.05) is 4.72 Å². The molecule has 2 aromatic carbocycles. The Morgan fingerprint density at radius 2 is 1.90 bits per heavy atom. The third-order valence-electron chi connectivity index (χ3n) is 3.07. The second kappa shape index (κ2) is 5.83. The van der Waals surface area contributed by atoms with E-state index >= 15 is 0 Å². The molecule has 0 aliphatic carbocycles. The fraction of sp³-hybridized carbons (Fsp3) is 0.200. The molecule has 2 N–H and O–H groups in total. The second-order valence-corrected chi connectivity index (χ2v) is 6.50. The van der Waals surface area contributed by atoms with Gasteiger partial charge in [0.25, 0.3) is 10.0 Å². The number of benzene rings is 2. The number of halogens is 1. The maximum atomic E-state index is 13.5. The number of nitrogens with one attached hydrogen (secondary N) is 1. The van der Waals surface area contributed by atoms with E-state index in [2.05, 4.69) is 4.72 Å². The molecule has 1 atom stereocenters. The molecule has 2 aromatic rings. The number of rotatable bonds is 4. The van der Waals surface area contributed by atoms with E-state index in [1.807, 2.05) is 0 Å². The fourth-order valence-corrected chi connectivity index (χ4v) is 2.92. The van der Waals surface area contributed by atoms with Gasteiger partial charge in [0.15, 0.2) is 0 Å². The lowest BCUT2D eigenvalue weighted by atomic mass is 10.1. The van der Waals surface area contributed by atoms with Gasteiger partial charge in [-0.2, -0.15) is 0 Å². The number of aliphatic hydroxyl groups excluding tert-OH is 1. The summed E-state index contributed by atoms with van der Waals surface area (Å²) in [5, 5.41) is 9.51. The molecule has 0 aliphatic heterocycles. The Balaban J connectivity index is 2.33. The van der Waals surface area contributed by atoms with Crippen LogP contribution in [0.4, 0.5) is 10.1 Å². The van der Waals surface area contributed by atoms with Crippen molar-refractivity contribution in [2.45, 2.75) is 24.8 Å². The molecule has 0 amide bonds. The molecule has 0 saturated carbocycles. The van der Waals surface area contributed by atoms with E-state index < -0.39 is 21.9 Å². The van der Waals surface area contributed by atoms with E-state index in [0.717, 1.165) is 6.07 Å². The zero-order chi connectivity index (χ0) is 15.6. The number of anilines is 1. The molecule has 0 fully saturated rings. The van der Waals surface area contributed by atoms with E-state index in [4.69, 9.17) is 0 Å². The Labute approximate surface area is 123 Å². The minimum Gasteiger partial charge on any atom is -0.389 e. The van der Waals surface area contributed by atoms with Crippen LogP contribution in [0, 0.1) is 12.7 Å². The van der Waals surface area contributed by atoms with Gasteiger partial charge in [0.1, 0.15) is 5.82 Å². The molecule has 1 unspecified atom stereocenters. The SMILES string of the molecule is Cc1ccc(NS(=O)(=O)c2cccc(C(C)O)c2)cc1F. The van der Waals surface area contributed by atoms with Crippen LogP contribution in [0.2, 0.25) is 0 Å². The largest absolute Gasteiger partial charge is 0.389 e. The van der Waals surface area contributed by atoms with Crippen molar-refractivity contribution in [2.24, 2.45) is 0 Å². The van der Waals surface area contributed by atoms with Gasteiger partial charge in [0.05, 0.1) is 16.7 Å². The quantitative estimate of drug-likeness (QED) is 0.912. The number of aryl methyl sites for hydroxylation is 1. The van der Waals surface area contributed by atoms with Crippen LogP contribution >= 0.6 is 0 Å². The summed E-state index contributed by atoms with van der Waals surface area (Å²) in [7, 11) is -3.83. The minimum atomic E-state index is -3.83. The standard InChI is InChI=1S/C15H16FNO3S/c1-10-6-7-13(9-15(10)16)17-21(19,20)14-5-3-4-12(8-14)11(2)18/h3-9,11,17-18H,1-2H3. The van der Waals surface area contributed by atoms with Gasteiger partial charge in [0, 0.05) is 0 Å². The number of aliphatic hydroxyl groups is 1. The highest BCUT2D eigenvalue weighted by Gasteiger charge is 2.16. The first-order valence-corrected chi connectivity index (χ1v) is 7.85. The van der Waals surface area contributed by atoms with E-state index in [-0.39, 0.29) is 10.6 Å². The zero-order valence-corrected chi connectivity index (χ0v) is 12.5. The lowest BCUT2D eigenvalue weighted by Gasteiger charge is -2.11. The lowest BCUT2D eigenvalue weighted by Crippen LogP contribution is -2.13. The molecule has 6 heteroatoms. The fourth-order valence-electron chi connectivity index (χ4n) is 1.81. The van der Waals surface area contributed by atoms with Crippen LogP contribution in [0.5, 0.6) is 0 Å². The van der Waals surface area contributed by atoms with Gasteiger partial charge in [0.2, 0.25) is 0 Å². The summed E-state index contributed by atoms with van der Waals surface area (Å²) in [6.07, 6.45) is -0.767. The Morgan fingerprint density at radius 1 is 1.19 bits per heavy atom. The highest BCUT2D eigenvalue weighted by molar-refractivity contribution is 7.92. The molecule has 0 aliphatic rings. The normalized spacial score (nSPS) is 13.0. The van der Waals surface area contributed by atoms with Crippen LogP contribution in [0.25, 0.3) is 0 Å². The zero-order valence-electron chi connectivity index (χ0n) is 11.7. The average Bonchev–Trinajstić information content (AvgIpc) is 2.43. The molecule has 2 rings (SSSR count). The summed E-state index contributed by atoms with van der Waals surface area (Å²) < 4.78 is 40.3. The molecular formula is C15H16FNO3S. The molecule has 0 bridgehead atoms. The maximum Gasteiger partial charge on any atom is 0.261 e. The van der Waals surface area contributed by atoms with Crippen molar-refractivity contribution in [3.63, 3.8) is 0 Å². The van der Waals surface area contributed by atoms with E-state index in [9.17, 15) is 17.9 Å². The van der Waals surface area contributed by atoms with Gasteiger partial charge in [-0.1, -0.05) is 18.2 Å². The molecule has 0 spiro atoms. The summed E-state index contributed by atoms with van der Waals surface area (Å²) in [4.78, 5) is 0.0156. The van der Waals surface area contributed by atoms with Crippen molar-refractivity contribution < 1.29 is 17.9 Å². The molecule has 0 radical (unpaired) electrons. The molecule has 4 nitrogen and oxygen atoms in total. The minimum absolute atomic E-state index is 0.0156. The third-order valence-corrected chi connectivity index (χ3v) is 4.45. The van der Waals surface area contributed by atoms with E-state index in [1.54, 1.807) is 26.0 Å². The lowest BCUT2D eigenvalue weighted by molar-refractivity contribution is 0.199. The van der Waals surface area contributed by atoms with Crippen molar-refractivity contribution in [3.05, 3.63) is 59.4 Å². The van der Waals surface area contributed by atoms with Crippen LogP contribution < -0.4 is 4.72 Å². The first kappa shape index (κ1) is 15.5. The van der Waals surface area contributed by atoms with E-state index in [1.165, 1.54) is 24.3 Å². The topological polar surface area (TPSA) is 66.4 Å². The Bertz CT molecular complexity index is 757. The molecular weight excluding hydrogens is 293 g/mol. The Morgan fingerprint density at radius 3 is 2.52 bits per heavy atom. The summed E-state index contributed by atoms with van der Waals surface area (Å²) in [5.41, 5.74) is 1.09. The molecule has 0 aromatic heterocycles. The monoisotopic (exact) mass is 309 g/mol. The molecule has 0 heterocycles. The number of hydrogen-bond donors (Lipinski definition) is 2. The van der Waals surface area contributed by atoms with Crippen molar-refractivity contribution >= 4 is 15.7 Å². The first-order chi connectivity index (χ1) is 9.79. The van der Waals surface area contributed by atoms with Gasteiger partial charge < -0.3 is 5.11 Å². The van der Waals surface area contributed by atoms with Crippen LogP contribution in [-0.2, 0) is 10.0 Å². The first-order valence-electron chi connectivity index (χ1n) is 6.36. The second-order valence-electron chi connectivity index (χ2n) is 4.82. The average molecular weight is 309 g/mol. The van der Waals surface area contributed by atoms with Crippen molar-refractivity contribution in [3.8, 4) is 0 Å². The number of hydrogen-bond acceptors (Lipinski definition) is 3. The van der Waals surface area contributed by atoms with Crippen LogP contribution in [0.1, 0.15) is 24.2 Å². The van der Waals surface area contributed by atoms with Crippen LogP contribution in [-0.4, -0.2) is 13.5 Å². The molecule has 21 heavy (non-hydrogen) atoms. The highest BCUT2D eigenvalue weighted by atomic mass is 32.2. The van der Waals surface area contributed by atoms with Gasteiger partial charge in [-0.05, 0) is 49.2 Å². The summed E-state index contributed by atoms with van der Waals surface area (Å²) in [5.74, 6) is -0.479. The predicted octanol–water partition coefficient (Wildman–Crippen LogP) is 2.99. The van der Waals surface area contributed by atoms with Gasteiger partial charge >= 0.3 is 0 Å². The van der Waals surface area contributed by atoms with Crippen molar-refractivity contribution in [1.82, 2.24) is 0 Å². The summed E-state index contributed by atoms with van der Waals surface area (Å²) >= 11 is 0. The maximum absolute atomic E-state index is 13.5. The summed E-state index contributed by atoms with van der Waals surface area (Å²) in [6, 6.07) is 10.1. The molecule has 112 valence electrons. The Kier molecular flexibility index (Phi) is 4.29. The van der Waals surface area contributed by atoms with Crippen LogP contribution in [0.15, 0.2) is 47.4 Å². The third kappa shape index (κ3) is 3.59. The van der Waals surface area contributed by atoms with Crippen molar-refractivity contribution in [1.29, 1.82) is 0 Å². The van der Waals surface area contributed by atoms with Gasteiger partial charge in [-0.25, -0.2) is 12.8 Å². The van der Waals surface area contributed by atoms with Gasteiger partial charge in [-0.15, -0.1) is 0 Å². The Hall–Kier alpha value is -1.92. The van der Waals surface area contributed by atoms with Crippen LogP contribution in [0.3, 0.4) is 0 Å². The number of sulfonamides is 1. The summed E-state index contributed by atoms with van der Waals surface area (Å²) in [6.45, 7) is 3.15. The predicted molar refractivity (Wildman–Crippen MR) is 79.0 cm³/mol. The highest BCUT2D eigenvalue weighted by Crippen LogP contribution is 2.21. The smallest absolute Gasteiger partial charge is 0.261 e.